The van der Waals surface area contributed by atoms with E-state index in [1.165, 1.54) is 0 Å². The van der Waals surface area contributed by atoms with Crippen molar-refractivity contribution in [2.24, 2.45) is 11.7 Å². The number of ether oxygens (including phenoxy) is 1. The molecular weight excluding hydrogens is 196 g/mol. The van der Waals surface area contributed by atoms with E-state index in [2.05, 4.69) is 5.32 Å². The van der Waals surface area contributed by atoms with Gasteiger partial charge in [-0.25, -0.2) is 0 Å². The summed E-state index contributed by atoms with van der Waals surface area (Å²) in [4.78, 5) is 11.8. The lowest BCUT2D eigenvalue weighted by Gasteiger charge is -2.26. The van der Waals surface area contributed by atoms with Gasteiger partial charge in [0.1, 0.15) is 5.54 Å². The van der Waals surface area contributed by atoms with Crippen molar-refractivity contribution in [3.63, 3.8) is 0 Å². The van der Waals surface area contributed by atoms with Crippen LogP contribution < -0.4 is 11.1 Å². The highest BCUT2D eigenvalue weighted by Gasteiger charge is 2.39. The number of aliphatic hydroxyl groups excluding tert-OH is 1. The summed E-state index contributed by atoms with van der Waals surface area (Å²) in [6.07, 6.45) is 0.537. The Morgan fingerprint density at radius 1 is 1.67 bits per heavy atom. The molecular formula is C10H20N2O3. The first kappa shape index (κ1) is 12.4. The quantitative estimate of drug-likeness (QED) is 0.576. The van der Waals surface area contributed by atoms with E-state index in [1.807, 2.05) is 13.8 Å². The van der Waals surface area contributed by atoms with E-state index >= 15 is 0 Å². The molecule has 4 N–H and O–H groups in total. The molecule has 0 radical (unpaired) electrons. The fourth-order valence-electron chi connectivity index (χ4n) is 1.50. The van der Waals surface area contributed by atoms with Gasteiger partial charge in [-0.2, -0.15) is 0 Å². The molecule has 88 valence electrons. The van der Waals surface area contributed by atoms with Crippen molar-refractivity contribution in [3.8, 4) is 0 Å². The Labute approximate surface area is 90.0 Å². The molecule has 1 heterocycles. The van der Waals surface area contributed by atoms with Gasteiger partial charge in [0.05, 0.1) is 19.3 Å². The van der Waals surface area contributed by atoms with Gasteiger partial charge in [0.2, 0.25) is 5.91 Å². The van der Waals surface area contributed by atoms with Crippen molar-refractivity contribution >= 4 is 5.91 Å². The van der Waals surface area contributed by atoms with Crippen LogP contribution in [0.4, 0.5) is 0 Å². The standard InChI is InChI=1S/C10H20N2O3/c1-7(2)8(5-13)12-9(14)10(11)3-4-15-6-10/h7-8,13H,3-6,11H2,1-2H3,(H,12,14)/t8-,10?/m1/s1. The SMILES string of the molecule is CC(C)[C@@H](CO)NC(=O)C1(N)CCOC1. The minimum Gasteiger partial charge on any atom is -0.394 e. The second-order valence-electron chi connectivity index (χ2n) is 4.47. The van der Waals surface area contributed by atoms with E-state index in [4.69, 9.17) is 15.6 Å². The van der Waals surface area contributed by atoms with Crippen LogP contribution in [-0.4, -0.2) is 42.4 Å². The molecule has 0 aromatic heterocycles. The molecule has 1 saturated heterocycles. The molecule has 0 saturated carbocycles. The number of nitrogens with one attached hydrogen (secondary N) is 1. The summed E-state index contributed by atoms with van der Waals surface area (Å²) < 4.78 is 5.11. The van der Waals surface area contributed by atoms with Crippen LogP contribution in [0, 0.1) is 5.92 Å². The van der Waals surface area contributed by atoms with Crippen LogP contribution in [-0.2, 0) is 9.53 Å². The van der Waals surface area contributed by atoms with Crippen LogP contribution in [0.5, 0.6) is 0 Å². The normalized spacial score (nSPS) is 28.1. The largest absolute Gasteiger partial charge is 0.394 e. The van der Waals surface area contributed by atoms with Crippen molar-refractivity contribution in [3.05, 3.63) is 0 Å². The molecule has 1 unspecified atom stereocenters. The fraction of sp³-hybridized carbons (Fsp3) is 0.900. The first-order chi connectivity index (χ1) is 6.99. The van der Waals surface area contributed by atoms with Crippen LogP contribution in [0.3, 0.4) is 0 Å². The highest BCUT2D eigenvalue weighted by Crippen LogP contribution is 2.16. The van der Waals surface area contributed by atoms with Crippen LogP contribution >= 0.6 is 0 Å². The van der Waals surface area contributed by atoms with Crippen molar-refractivity contribution in [1.29, 1.82) is 0 Å². The topological polar surface area (TPSA) is 84.6 Å². The lowest BCUT2D eigenvalue weighted by molar-refractivity contribution is -0.127. The number of hydrogen-bond acceptors (Lipinski definition) is 4. The van der Waals surface area contributed by atoms with Crippen LogP contribution in [0.2, 0.25) is 0 Å². The summed E-state index contributed by atoms with van der Waals surface area (Å²) in [6.45, 7) is 4.59. The summed E-state index contributed by atoms with van der Waals surface area (Å²) in [6, 6.07) is -0.237. The fourth-order valence-corrected chi connectivity index (χ4v) is 1.50. The Morgan fingerprint density at radius 2 is 2.33 bits per heavy atom. The summed E-state index contributed by atoms with van der Waals surface area (Å²) in [5, 5.41) is 11.8. The van der Waals surface area contributed by atoms with Gasteiger partial charge < -0.3 is 20.9 Å². The van der Waals surface area contributed by atoms with E-state index < -0.39 is 5.54 Å². The second-order valence-corrected chi connectivity index (χ2v) is 4.47. The molecule has 0 bridgehead atoms. The predicted molar refractivity (Wildman–Crippen MR) is 56.2 cm³/mol. The summed E-state index contributed by atoms with van der Waals surface area (Å²) in [5.74, 6) is -0.0439. The number of rotatable bonds is 4. The van der Waals surface area contributed by atoms with Crippen LogP contribution in [0.15, 0.2) is 0 Å². The van der Waals surface area contributed by atoms with Crippen molar-refractivity contribution in [2.45, 2.75) is 31.8 Å². The first-order valence-corrected chi connectivity index (χ1v) is 5.28. The van der Waals surface area contributed by atoms with Crippen molar-refractivity contribution in [2.75, 3.05) is 19.8 Å². The molecule has 1 aliphatic rings. The summed E-state index contributed by atoms with van der Waals surface area (Å²) in [5.41, 5.74) is 4.97. The van der Waals surface area contributed by atoms with Crippen LogP contribution in [0.1, 0.15) is 20.3 Å². The Hall–Kier alpha value is -0.650. The Balaban J connectivity index is 2.53. The Kier molecular flexibility index (Phi) is 4.07. The second kappa shape index (κ2) is 4.92. The number of hydrogen-bond donors (Lipinski definition) is 3. The van der Waals surface area contributed by atoms with Gasteiger partial charge in [-0.05, 0) is 12.3 Å². The van der Waals surface area contributed by atoms with Crippen molar-refractivity contribution in [1.82, 2.24) is 5.32 Å². The van der Waals surface area contributed by atoms with Gasteiger partial charge in [0, 0.05) is 6.61 Å². The van der Waals surface area contributed by atoms with Gasteiger partial charge in [-0.3, -0.25) is 4.79 Å². The molecule has 1 aliphatic heterocycles. The first-order valence-electron chi connectivity index (χ1n) is 5.28. The Bertz CT molecular complexity index is 225. The lowest BCUT2D eigenvalue weighted by Crippen LogP contribution is -2.58. The van der Waals surface area contributed by atoms with E-state index in [1.54, 1.807) is 0 Å². The Morgan fingerprint density at radius 3 is 2.73 bits per heavy atom. The molecule has 0 aromatic carbocycles. The van der Waals surface area contributed by atoms with E-state index in [0.29, 0.717) is 13.0 Å². The third-order valence-electron chi connectivity index (χ3n) is 2.82. The smallest absolute Gasteiger partial charge is 0.242 e. The van der Waals surface area contributed by atoms with Crippen LogP contribution in [0.25, 0.3) is 0 Å². The molecule has 2 atom stereocenters. The van der Waals surface area contributed by atoms with Gasteiger partial charge in [-0.1, -0.05) is 13.8 Å². The lowest BCUT2D eigenvalue weighted by atomic mass is 9.97. The van der Waals surface area contributed by atoms with E-state index in [-0.39, 0.29) is 31.1 Å². The molecule has 0 spiro atoms. The minimum atomic E-state index is -0.914. The average molecular weight is 216 g/mol. The molecule has 0 aromatic rings. The molecule has 5 heteroatoms. The van der Waals surface area contributed by atoms with Gasteiger partial charge in [0.15, 0.2) is 0 Å². The summed E-state index contributed by atoms with van der Waals surface area (Å²) in [7, 11) is 0. The minimum absolute atomic E-state index is 0.0691. The third kappa shape index (κ3) is 2.90. The van der Waals surface area contributed by atoms with Gasteiger partial charge in [0.25, 0.3) is 0 Å². The zero-order valence-corrected chi connectivity index (χ0v) is 9.32. The molecule has 0 aliphatic carbocycles. The summed E-state index contributed by atoms with van der Waals surface area (Å²) >= 11 is 0. The van der Waals surface area contributed by atoms with E-state index in [9.17, 15) is 4.79 Å². The third-order valence-corrected chi connectivity index (χ3v) is 2.82. The van der Waals surface area contributed by atoms with Gasteiger partial charge in [-0.15, -0.1) is 0 Å². The highest BCUT2D eigenvalue weighted by atomic mass is 16.5. The predicted octanol–water partition coefficient (Wildman–Crippen LogP) is -0.763. The van der Waals surface area contributed by atoms with Crippen molar-refractivity contribution < 1.29 is 14.6 Å². The number of carbonyl (C=O) groups is 1. The zero-order valence-electron chi connectivity index (χ0n) is 9.32. The number of carbonyl (C=O) groups excluding carboxylic acids is 1. The maximum atomic E-state index is 11.8. The number of aliphatic hydroxyl groups is 1. The molecule has 1 rings (SSSR count). The number of amides is 1. The zero-order chi connectivity index (χ0) is 11.5. The average Bonchev–Trinajstić information content (AvgIpc) is 2.61. The highest BCUT2D eigenvalue weighted by molar-refractivity contribution is 5.86. The monoisotopic (exact) mass is 216 g/mol. The van der Waals surface area contributed by atoms with E-state index in [0.717, 1.165) is 0 Å². The van der Waals surface area contributed by atoms with Gasteiger partial charge >= 0.3 is 0 Å². The number of nitrogens with two attached hydrogens (primary N) is 1. The molecule has 15 heavy (non-hydrogen) atoms. The molecule has 5 nitrogen and oxygen atoms in total. The molecule has 1 amide bonds. The molecule has 1 fully saturated rings. The maximum absolute atomic E-state index is 11.8. The maximum Gasteiger partial charge on any atom is 0.242 e.